The van der Waals surface area contributed by atoms with Crippen LogP contribution in [0.3, 0.4) is 0 Å². The van der Waals surface area contributed by atoms with Gasteiger partial charge in [-0.1, -0.05) is 24.2 Å². The lowest BCUT2D eigenvalue weighted by Crippen LogP contribution is -2.24. The number of aryl methyl sites for hydroxylation is 1. The van der Waals surface area contributed by atoms with Gasteiger partial charge < -0.3 is 9.73 Å². The number of hydrogen-bond acceptors (Lipinski definition) is 7. The van der Waals surface area contributed by atoms with Gasteiger partial charge in [0.25, 0.3) is 0 Å². The average Bonchev–Trinajstić information content (AvgIpc) is 3.67. The Morgan fingerprint density at radius 3 is 2.70 bits per heavy atom. The molecule has 198 valence electrons. The van der Waals surface area contributed by atoms with Crippen molar-refractivity contribution in [1.82, 2.24) is 19.1 Å². The molecule has 2 bridgehead atoms. The van der Waals surface area contributed by atoms with Gasteiger partial charge in [-0.05, 0) is 80.7 Å². The third-order valence-corrected chi connectivity index (χ3v) is 10.7. The van der Waals surface area contributed by atoms with Gasteiger partial charge in [-0.25, -0.2) is 12.7 Å². The minimum absolute atomic E-state index is 0.114. The molecule has 0 spiro atoms. The van der Waals surface area contributed by atoms with Crippen LogP contribution in [0.5, 0.6) is 0 Å². The van der Waals surface area contributed by atoms with Crippen LogP contribution in [0, 0.1) is 24.7 Å². The molecule has 0 radical (unpaired) electrons. The first-order valence-corrected chi connectivity index (χ1v) is 15.0. The summed E-state index contributed by atoms with van der Waals surface area (Å²) in [7, 11) is -0.646. The highest BCUT2D eigenvalue weighted by molar-refractivity contribution is 7.99. The quantitative estimate of drug-likeness (QED) is 0.385. The van der Waals surface area contributed by atoms with E-state index in [-0.39, 0.29) is 22.6 Å². The van der Waals surface area contributed by atoms with E-state index >= 15 is 0 Å². The molecule has 4 atom stereocenters. The molecule has 11 heteroatoms. The Hall–Kier alpha value is -2.63. The van der Waals surface area contributed by atoms with Crippen LogP contribution in [0.4, 0.5) is 5.69 Å². The van der Waals surface area contributed by atoms with Crippen LogP contribution in [-0.2, 0) is 14.8 Å². The molecule has 9 nitrogen and oxygen atoms in total. The number of rotatable bonds is 9. The molecule has 2 saturated carbocycles. The summed E-state index contributed by atoms with van der Waals surface area (Å²) >= 11 is 1.33. The van der Waals surface area contributed by atoms with Gasteiger partial charge in [0.2, 0.25) is 21.8 Å². The summed E-state index contributed by atoms with van der Waals surface area (Å²) in [5, 5.41) is 12.4. The number of amides is 1. The minimum Gasteiger partial charge on any atom is -0.461 e. The Bertz CT molecular complexity index is 1380. The summed E-state index contributed by atoms with van der Waals surface area (Å²) in [6.45, 7) is 3.96. The molecule has 0 aliphatic heterocycles. The van der Waals surface area contributed by atoms with E-state index in [2.05, 4.69) is 27.0 Å². The van der Waals surface area contributed by atoms with Crippen LogP contribution in [0.25, 0.3) is 11.6 Å². The van der Waals surface area contributed by atoms with Gasteiger partial charge in [0.05, 0.1) is 16.9 Å². The van der Waals surface area contributed by atoms with E-state index in [4.69, 9.17) is 4.42 Å². The molecule has 5 rings (SSSR count). The number of anilines is 1. The van der Waals surface area contributed by atoms with E-state index < -0.39 is 10.0 Å². The number of carbonyl (C=O) groups excluding carboxylic acids is 1. The molecular formula is C26H33N5O4S2. The number of nitrogens with zero attached hydrogens (tertiary/aromatic N) is 4. The standard InChI is InChI=1S/C26H33N5O4S2/c1-16-7-10-20(14-23(16)37(33,34)30(3)4)27-24(32)15-36-26-29-28-25(22-6-5-11-35-22)31(26)17(2)21-13-18-8-9-19(21)12-18/h5-7,10-11,14,17-19,21H,8-9,12-13,15H2,1-4H3,(H,27,32)/t17-,18-,19-,21+/m0/s1. The summed E-state index contributed by atoms with van der Waals surface area (Å²) < 4.78 is 34.2. The van der Waals surface area contributed by atoms with Crippen LogP contribution in [-0.4, -0.2) is 53.2 Å². The Labute approximate surface area is 222 Å². The van der Waals surface area contributed by atoms with Crippen molar-refractivity contribution < 1.29 is 17.6 Å². The number of thioether (sulfide) groups is 1. The predicted octanol–water partition coefficient (Wildman–Crippen LogP) is 4.82. The summed E-state index contributed by atoms with van der Waals surface area (Å²) in [4.78, 5) is 13.0. The van der Waals surface area contributed by atoms with Crippen molar-refractivity contribution in [2.75, 3.05) is 25.2 Å². The zero-order valence-electron chi connectivity index (χ0n) is 21.5. The fourth-order valence-electron chi connectivity index (χ4n) is 5.87. The van der Waals surface area contributed by atoms with Gasteiger partial charge in [0.1, 0.15) is 0 Å². The fourth-order valence-corrected chi connectivity index (χ4v) is 7.84. The monoisotopic (exact) mass is 543 g/mol. The fraction of sp³-hybridized carbons (Fsp3) is 0.500. The zero-order valence-corrected chi connectivity index (χ0v) is 23.2. The summed E-state index contributed by atoms with van der Waals surface area (Å²) in [5.74, 6) is 3.31. The first-order valence-electron chi connectivity index (χ1n) is 12.6. The molecule has 2 aliphatic rings. The molecule has 1 amide bonds. The van der Waals surface area contributed by atoms with E-state index in [0.717, 1.165) is 16.1 Å². The topological polar surface area (TPSA) is 110 Å². The van der Waals surface area contributed by atoms with Crippen LogP contribution in [0.1, 0.15) is 44.2 Å². The van der Waals surface area contributed by atoms with Crippen LogP contribution < -0.4 is 5.32 Å². The summed E-state index contributed by atoms with van der Waals surface area (Å²) in [6.07, 6.45) is 6.77. The van der Waals surface area contributed by atoms with E-state index in [9.17, 15) is 13.2 Å². The molecule has 3 aromatic rings. The molecule has 2 aliphatic carbocycles. The van der Waals surface area contributed by atoms with Crippen molar-refractivity contribution >= 4 is 33.4 Å². The number of carbonyl (C=O) groups is 1. The van der Waals surface area contributed by atoms with Crippen molar-refractivity contribution in [3.05, 3.63) is 42.2 Å². The van der Waals surface area contributed by atoms with E-state index in [1.54, 1.807) is 25.3 Å². The van der Waals surface area contributed by atoms with Crippen LogP contribution in [0.15, 0.2) is 51.1 Å². The first-order chi connectivity index (χ1) is 17.6. The molecule has 2 heterocycles. The lowest BCUT2D eigenvalue weighted by atomic mass is 9.84. The molecule has 1 aromatic carbocycles. The largest absolute Gasteiger partial charge is 0.461 e. The van der Waals surface area contributed by atoms with Gasteiger partial charge in [0, 0.05) is 25.8 Å². The highest BCUT2D eigenvalue weighted by atomic mass is 32.2. The van der Waals surface area contributed by atoms with E-state index in [1.165, 1.54) is 57.6 Å². The van der Waals surface area contributed by atoms with Gasteiger partial charge in [-0.3, -0.25) is 9.36 Å². The number of nitrogens with one attached hydrogen (secondary N) is 1. The molecule has 2 aromatic heterocycles. The predicted molar refractivity (Wildman–Crippen MR) is 143 cm³/mol. The Kier molecular flexibility index (Phi) is 7.21. The third-order valence-electron chi connectivity index (χ3n) is 7.79. The zero-order chi connectivity index (χ0) is 26.3. The van der Waals surface area contributed by atoms with Crippen molar-refractivity contribution in [3.8, 4) is 11.6 Å². The van der Waals surface area contributed by atoms with Crippen molar-refractivity contribution in [2.24, 2.45) is 17.8 Å². The molecule has 1 N–H and O–H groups in total. The summed E-state index contributed by atoms with van der Waals surface area (Å²) in [6, 6.07) is 8.81. The van der Waals surface area contributed by atoms with Crippen molar-refractivity contribution in [1.29, 1.82) is 0 Å². The normalized spacial score (nSPS) is 22.0. The molecule has 37 heavy (non-hydrogen) atoms. The van der Waals surface area contributed by atoms with Crippen LogP contribution in [0.2, 0.25) is 0 Å². The second kappa shape index (κ2) is 10.3. The van der Waals surface area contributed by atoms with E-state index in [1.807, 2.05) is 12.1 Å². The number of benzene rings is 1. The number of furan rings is 1. The van der Waals surface area contributed by atoms with Crippen molar-refractivity contribution in [3.63, 3.8) is 0 Å². The number of hydrogen-bond donors (Lipinski definition) is 1. The second-order valence-electron chi connectivity index (χ2n) is 10.3. The Morgan fingerprint density at radius 1 is 1.24 bits per heavy atom. The van der Waals surface area contributed by atoms with Crippen molar-refractivity contribution in [2.45, 2.75) is 55.6 Å². The second-order valence-corrected chi connectivity index (χ2v) is 13.4. The number of aromatic nitrogens is 3. The number of sulfonamides is 1. The Morgan fingerprint density at radius 2 is 2.05 bits per heavy atom. The Balaban J connectivity index is 1.33. The highest BCUT2D eigenvalue weighted by Crippen LogP contribution is 2.53. The van der Waals surface area contributed by atoms with Crippen LogP contribution >= 0.6 is 11.8 Å². The number of fused-ring (bicyclic) bond motifs is 2. The SMILES string of the molecule is Cc1ccc(NC(=O)CSc2nnc(-c3ccco3)n2[C@@H](C)[C@H]2C[C@H]3CC[C@H]2C3)cc1S(=O)(=O)N(C)C. The van der Waals surface area contributed by atoms with Gasteiger partial charge >= 0.3 is 0 Å². The first kappa shape index (κ1) is 26.0. The molecule has 0 unspecified atom stereocenters. The molecule has 0 saturated heterocycles. The maximum atomic E-state index is 12.9. The highest BCUT2D eigenvalue weighted by Gasteiger charge is 2.43. The minimum atomic E-state index is -3.62. The maximum Gasteiger partial charge on any atom is 0.242 e. The lowest BCUT2D eigenvalue weighted by Gasteiger charge is -2.30. The van der Waals surface area contributed by atoms with Gasteiger partial charge in [-0.15, -0.1) is 10.2 Å². The smallest absolute Gasteiger partial charge is 0.242 e. The summed E-state index contributed by atoms with van der Waals surface area (Å²) in [5.41, 5.74) is 1.05. The van der Waals surface area contributed by atoms with Gasteiger partial charge in [0.15, 0.2) is 10.9 Å². The molecule has 2 fully saturated rings. The lowest BCUT2D eigenvalue weighted by molar-refractivity contribution is -0.113. The average molecular weight is 544 g/mol. The van der Waals surface area contributed by atoms with E-state index in [0.29, 0.717) is 33.9 Å². The van der Waals surface area contributed by atoms with Gasteiger partial charge in [-0.2, -0.15) is 0 Å². The molecular weight excluding hydrogens is 510 g/mol. The maximum absolute atomic E-state index is 12.9. The third kappa shape index (κ3) is 5.08.